The summed E-state index contributed by atoms with van der Waals surface area (Å²) >= 11 is 0. The van der Waals surface area contributed by atoms with E-state index in [1.165, 1.54) is 5.69 Å². The molecule has 5 heteroatoms. The van der Waals surface area contributed by atoms with Crippen molar-refractivity contribution < 1.29 is 14.3 Å². The molecule has 0 bridgehead atoms. The lowest BCUT2D eigenvalue weighted by atomic mass is 10.1. The van der Waals surface area contributed by atoms with E-state index in [0.717, 1.165) is 31.9 Å². The number of benzene rings is 1. The topological polar surface area (TPSA) is 42.0 Å². The molecular formula is C18H28N2O3. The molecule has 1 amide bonds. The average Bonchev–Trinajstić information content (AvgIpc) is 2.55. The molecule has 1 saturated heterocycles. The molecular weight excluding hydrogens is 292 g/mol. The number of hydrogen-bond donors (Lipinski definition) is 0. The molecule has 1 heterocycles. The molecule has 5 nitrogen and oxygen atoms in total. The first kappa shape index (κ1) is 17.6. The summed E-state index contributed by atoms with van der Waals surface area (Å²) in [5.74, 6) is 1.56. The minimum atomic E-state index is 0.279. The van der Waals surface area contributed by atoms with Gasteiger partial charge in [0.1, 0.15) is 12.4 Å². The second-order valence-electron chi connectivity index (χ2n) is 6.30. The fourth-order valence-corrected chi connectivity index (χ4v) is 2.69. The summed E-state index contributed by atoms with van der Waals surface area (Å²) in [7, 11) is 1.66. The molecule has 0 spiro atoms. The Morgan fingerprint density at radius 2 is 1.74 bits per heavy atom. The third-order valence-corrected chi connectivity index (χ3v) is 3.97. The van der Waals surface area contributed by atoms with Crippen LogP contribution < -0.4 is 9.64 Å². The number of rotatable bonds is 7. The number of carbonyl (C=O) groups is 1. The van der Waals surface area contributed by atoms with Gasteiger partial charge in [0.25, 0.3) is 0 Å². The number of amides is 1. The largest absolute Gasteiger partial charge is 0.491 e. The Bertz CT molecular complexity index is 480. The van der Waals surface area contributed by atoms with Gasteiger partial charge in [-0.1, -0.05) is 13.8 Å². The molecule has 1 aromatic carbocycles. The van der Waals surface area contributed by atoms with Crippen LogP contribution >= 0.6 is 0 Å². The van der Waals surface area contributed by atoms with Crippen LogP contribution in [0.4, 0.5) is 5.69 Å². The summed E-state index contributed by atoms with van der Waals surface area (Å²) < 4.78 is 10.5. The maximum absolute atomic E-state index is 12.1. The monoisotopic (exact) mass is 320 g/mol. The normalized spacial score (nSPS) is 15.1. The van der Waals surface area contributed by atoms with Crippen LogP contribution in [0, 0.1) is 5.92 Å². The molecule has 23 heavy (non-hydrogen) atoms. The zero-order valence-corrected chi connectivity index (χ0v) is 14.5. The van der Waals surface area contributed by atoms with Gasteiger partial charge in [-0.25, -0.2) is 0 Å². The van der Waals surface area contributed by atoms with Crippen LogP contribution in [0.5, 0.6) is 5.75 Å². The van der Waals surface area contributed by atoms with Gasteiger partial charge in [-0.05, 0) is 30.2 Å². The van der Waals surface area contributed by atoms with E-state index in [1.54, 1.807) is 7.11 Å². The predicted molar refractivity (Wildman–Crippen MR) is 92.1 cm³/mol. The standard InChI is InChI=1S/C18H28N2O3/c1-15(2)14-18(21)20-10-8-19(9-11-20)16-4-6-17(7-5-16)23-13-12-22-3/h4-7,15H,8-14H2,1-3H3. The van der Waals surface area contributed by atoms with Crippen molar-refractivity contribution in [2.24, 2.45) is 5.92 Å². The van der Waals surface area contributed by atoms with E-state index in [0.29, 0.717) is 25.6 Å². The molecule has 0 saturated carbocycles. The Kier molecular flexibility index (Phi) is 6.71. The molecule has 1 aromatic rings. The third kappa shape index (κ3) is 5.43. The smallest absolute Gasteiger partial charge is 0.222 e. The van der Waals surface area contributed by atoms with E-state index in [-0.39, 0.29) is 5.91 Å². The van der Waals surface area contributed by atoms with Crippen LogP contribution in [0.3, 0.4) is 0 Å². The molecule has 0 N–H and O–H groups in total. The van der Waals surface area contributed by atoms with Crippen molar-refractivity contribution >= 4 is 11.6 Å². The van der Waals surface area contributed by atoms with Crippen molar-refractivity contribution in [1.29, 1.82) is 0 Å². The number of methoxy groups -OCH3 is 1. The van der Waals surface area contributed by atoms with Gasteiger partial charge in [0.2, 0.25) is 5.91 Å². The van der Waals surface area contributed by atoms with E-state index >= 15 is 0 Å². The minimum absolute atomic E-state index is 0.279. The van der Waals surface area contributed by atoms with Gasteiger partial charge in [-0.2, -0.15) is 0 Å². The van der Waals surface area contributed by atoms with E-state index in [2.05, 4.69) is 30.9 Å². The molecule has 0 unspecified atom stereocenters. The Labute approximate surface area is 139 Å². The quantitative estimate of drug-likeness (QED) is 0.724. The number of piperazine rings is 1. The molecule has 1 aliphatic rings. The van der Waals surface area contributed by atoms with Crippen molar-refractivity contribution in [2.75, 3.05) is 51.4 Å². The minimum Gasteiger partial charge on any atom is -0.491 e. The highest BCUT2D eigenvalue weighted by Gasteiger charge is 2.21. The van der Waals surface area contributed by atoms with E-state index in [9.17, 15) is 4.79 Å². The summed E-state index contributed by atoms with van der Waals surface area (Å²) in [6.07, 6.45) is 0.646. The van der Waals surface area contributed by atoms with E-state index in [1.807, 2.05) is 17.0 Å². The van der Waals surface area contributed by atoms with Crippen molar-refractivity contribution in [3.63, 3.8) is 0 Å². The number of nitrogens with zero attached hydrogens (tertiary/aromatic N) is 2. The fraction of sp³-hybridized carbons (Fsp3) is 0.611. The molecule has 0 atom stereocenters. The van der Waals surface area contributed by atoms with Gasteiger partial charge in [-0.3, -0.25) is 4.79 Å². The van der Waals surface area contributed by atoms with Crippen LogP contribution in [-0.4, -0.2) is 57.3 Å². The number of carbonyl (C=O) groups excluding carboxylic acids is 1. The summed E-state index contributed by atoms with van der Waals surface area (Å²) in [5.41, 5.74) is 1.18. The Morgan fingerprint density at radius 1 is 1.09 bits per heavy atom. The van der Waals surface area contributed by atoms with Gasteiger partial charge < -0.3 is 19.3 Å². The van der Waals surface area contributed by atoms with Crippen molar-refractivity contribution in [1.82, 2.24) is 4.90 Å². The Morgan fingerprint density at radius 3 is 2.30 bits per heavy atom. The maximum atomic E-state index is 12.1. The number of hydrogen-bond acceptors (Lipinski definition) is 4. The van der Waals surface area contributed by atoms with Crippen LogP contribution in [0.2, 0.25) is 0 Å². The molecule has 1 aliphatic heterocycles. The first-order valence-corrected chi connectivity index (χ1v) is 8.34. The molecule has 0 radical (unpaired) electrons. The first-order valence-electron chi connectivity index (χ1n) is 8.34. The van der Waals surface area contributed by atoms with E-state index in [4.69, 9.17) is 9.47 Å². The molecule has 0 aliphatic carbocycles. The van der Waals surface area contributed by atoms with Crippen LogP contribution in [0.25, 0.3) is 0 Å². The lowest BCUT2D eigenvalue weighted by molar-refractivity contribution is -0.132. The number of ether oxygens (including phenoxy) is 2. The highest BCUT2D eigenvalue weighted by atomic mass is 16.5. The third-order valence-electron chi connectivity index (χ3n) is 3.97. The fourth-order valence-electron chi connectivity index (χ4n) is 2.69. The zero-order valence-electron chi connectivity index (χ0n) is 14.5. The molecule has 1 fully saturated rings. The Balaban J connectivity index is 1.81. The van der Waals surface area contributed by atoms with Gasteiger partial charge >= 0.3 is 0 Å². The summed E-state index contributed by atoms with van der Waals surface area (Å²) in [6, 6.07) is 8.13. The Hall–Kier alpha value is -1.75. The molecule has 0 aromatic heterocycles. The highest BCUT2D eigenvalue weighted by molar-refractivity contribution is 5.76. The lowest BCUT2D eigenvalue weighted by Gasteiger charge is -2.36. The van der Waals surface area contributed by atoms with Crippen molar-refractivity contribution in [3.05, 3.63) is 24.3 Å². The van der Waals surface area contributed by atoms with Gasteiger partial charge in [0, 0.05) is 45.4 Å². The first-order chi connectivity index (χ1) is 11.1. The van der Waals surface area contributed by atoms with Crippen molar-refractivity contribution in [2.45, 2.75) is 20.3 Å². The average molecular weight is 320 g/mol. The highest BCUT2D eigenvalue weighted by Crippen LogP contribution is 2.21. The van der Waals surface area contributed by atoms with Crippen LogP contribution in [0.15, 0.2) is 24.3 Å². The van der Waals surface area contributed by atoms with Gasteiger partial charge in [0.05, 0.1) is 6.61 Å². The molecule has 128 valence electrons. The summed E-state index contributed by atoms with van der Waals surface area (Å²) in [4.78, 5) is 16.4. The second-order valence-corrected chi connectivity index (χ2v) is 6.30. The molecule has 2 rings (SSSR count). The maximum Gasteiger partial charge on any atom is 0.222 e. The zero-order chi connectivity index (χ0) is 16.7. The van der Waals surface area contributed by atoms with Crippen LogP contribution in [-0.2, 0) is 9.53 Å². The van der Waals surface area contributed by atoms with Gasteiger partial charge in [0.15, 0.2) is 0 Å². The second kappa shape index (κ2) is 8.77. The van der Waals surface area contributed by atoms with Crippen molar-refractivity contribution in [3.8, 4) is 5.75 Å². The van der Waals surface area contributed by atoms with Crippen LogP contribution in [0.1, 0.15) is 20.3 Å². The van der Waals surface area contributed by atoms with Gasteiger partial charge in [-0.15, -0.1) is 0 Å². The SMILES string of the molecule is COCCOc1ccc(N2CCN(C(=O)CC(C)C)CC2)cc1. The summed E-state index contributed by atoms with van der Waals surface area (Å²) in [5, 5.41) is 0. The lowest BCUT2D eigenvalue weighted by Crippen LogP contribution is -2.49. The summed E-state index contributed by atoms with van der Waals surface area (Å²) in [6.45, 7) is 8.70. The predicted octanol–water partition coefficient (Wildman–Crippen LogP) is 2.41. The van der Waals surface area contributed by atoms with E-state index < -0.39 is 0 Å². The number of anilines is 1.